The summed E-state index contributed by atoms with van der Waals surface area (Å²) in [6, 6.07) is 13.0. The van der Waals surface area contributed by atoms with Gasteiger partial charge in [-0.3, -0.25) is 4.79 Å². The van der Waals surface area contributed by atoms with Gasteiger partial charge in [-0.1, -0.05) is 24.3 Å². The average Bonchev–Trinajstić information content (AvgIpc) is 3.34. The van der Waals surface area contributed by atoms with Crippen molar-refractivity contribution in [3.05, 3.63) is 82.9 Å². The van der Waals surface area contributed by atoms with Crippen LogP contribution in [0.1, 0.15) is 34.3 Å². The molecule has 1 aliphatic heterocycles. The van der Waals surface area contributed by atoms with Gasteiger partial charge in [-0.15, -0.1) is 0 Å². The Balaban J connectivity index is 1.59. The van der Waals surface area contributed by atoms with E-state index in [9.17, 15) is 34.8 Å². The van der Waals surface area contributed by atoms with E-state index in [1.54, 1.807) is 18.2 Å². The molecule has 40 heavy (non-hydrogen) atoms. The highest BCUT2D eigenvalue weighted by Crippen LogP contribution is 2.49. The molecule has 0 amide bonds. The summed E-state index contributed by atoms with van der Waals surface area (Å²) in [5, 5.41) is 38.9. The van der Waals surface area contributed by atoms with Gasteiger partial charge in [0, 0.05) is 18.1 Å². The molecule has 11 heteroatoms. The molecule has 0 aromatic heterocycles. The fourth-order valence-electron chi connectivity index (χ4n) is 4.40. The fourth-order valence-corrected chi connectivity index (χ4v) is 4.40. The molecular weight excluding hydrogens is 524 g/mol. The van der Waals surface area contributed by atoms with Crippen LogP contribution in [0, 0.1) is 0 Å². The van der Waals surface area contributed by atoms with Gasteiger partial charge in [0.25, 0.3) is 0 Å². The average molecular weight is 551 g/mol. The van der Waals surface area contributed by atoms with Gasteiger partial charge < -0.3 is 39.4 Å². The molecule has 0 spiro atoms. The minimum atomic E-state index is -1.34. The lowest BCUT2D eigenvalue weighted by molar-refractivity contribution is -0.162. The van der Waals surface area contributed by atoms with E-state index in [2.05, 4.69) is 0 Å². The third-order valence-electron chi connectivity index (χ3n) is 6.33. The number of hydrogen-bond donors (Lipinski definition) is 4. The Hall–Kier alpha value is -5.19. The molecule has 0 bridgehead atoms. The molecule has 0 saturated carbocycles. The van der Waals surface area contributed by atoms with Crippen molar-refractivity contribution in [3.8, 4) is 28.7 Å². The molecule has 4 rings (SSSR count). The zero-order valence-corrected chi connectivity index (χ0v) is 21.4. The maximum absolute atomic E-state index is 12.9. The first-order valence-corrected chi connectivity index (χ1v) is 12.0. The van der Waals surface area contributed by atoms with E-state index in [1.807, 2.05) is 0 Å². The number of benzene rings is 3. The van der Waals surface area contributed by atoms with Gasteiger partial charge in [-0.25, -0.2) is 9.59 Å². The Morgan fingerprint density at radius 2 is 1.60 bits per heavy atom. The lowest BCUT2D eigenvalue weighted by atomic mass is 9.88. The maximum atomic E-state index is 12.9. The number of phenolic OH excluding ortho intramolecular Hbond substituents is 4. The van der Waals surface area contributed by atoms with Crippen LogP contribution in [0.2, 0.25) is 0 Å². The molecular formula is C29H26O11. The fraction of sp³-hybridized carbons (Fsp3) is 0.207. The predicted octanol–water partition coefficient (Wildman–Crippen LogP) is 3.24. The number of fused-ring (bicyclic) bond motifs is 1. The minimum Gasteiger partial charge on any atom is -0.504 e. The van der Waals surface area contributed by atoms with Gasteiger partial charge in [0.2, 0.25) is 6.10 Å². The lowest BCUT2D eigenvalue weighted by Crippen LogP contribution is -2.30. The van der Waals surface area contributed by atoms with Gasteiger partial charge in [0.05, 0.1) is 14.2 Å². The Kier molecular flexibility index (Phi) is 8.13. The molecule has 3 atom stereocenters. The van der Waals surface area contributed by atoms with Crippen LogP contribution in [-0.2, 0) is 35.0 Å². The van der Waals surface area contributed by atoms with Crippen LogP contribution in [0.4, 0.5) is 0 Å². The highest BCUT2D eigenvalue weighted by Gasteiger charge is 2.43. The number of esters is 3. The van der Waals surface area contributed by atoms with Crippen LogP contribution in [0.25, 0.3) is 6.08 Å². The third kappa shape index (κ3) is 5.78. The molecule has 0 aliphatic carbocycles. The van der Waals surface area contributed by atoms with E-state index >= 15 is 0 Å². The van der Waals surface area contributed by atoms with Crippen LogP contribution in [0.5, 0.6) is 28.7 Å². The van der Waals surface area contributed by atoms with Gasteiger partial charge in [-0.2, -0.15) is 0 Å². The summed E-state index contributed by atoms with van der Waals surface area (Å²) in [5.41, 5.74) is 1.69. The second-order valence-electron chi connectivity index (χ2n) is 8.86. The highest BCUT2D eigenvalue weighted by atomic mass is 16.6. The summed E-state index contributed by atoms with van der Waals surface area (Å²) in [5.74, 6) is -4.40. The van der Waals surface area contributed by atoms with Gasteiger partial charge in [-0.05, 0) is 53.1 Å². The van der Waals surface area contributed by atoms with Crippen molar-refractivity contribution < 1.29 is 53.8 Å². The van der Waals surface area contributed by atoms with Gasteiger partial charge >= 0.3 is 17.9 Å². The minimum absolute atomic E-state index is 0.125. The second-order valence-corrected chi connectivity index (χ2v) is 8.86. The zero-order chi connectivity index (χ0) is 29.0. The maximum Gasteiger partial charge on any atom is 0.347 e. The molecule has 3 aromatic rings. The molecule has 1 heterocycles. The summed E-state index contributed by atoms with van der Waals surface area (Å²) >= 11 is 0. The van der Waals surface area contributed by atoms with Crippen molar-refractivity contribution in [2.45, 2.75) is 24.5 Å². The van der Waals surface area contributed by atoms with Crippen LogP contribution in [-0.4, -0.2) is 58.7 Å². The van der Waals surface area contributed by atoms with E-state index in [0.29, 0.717) is 28.0 Å². The van der Waals surface area contributed by atoms with E-state index in [0.717, 1.165) is 13.2 Å². The topological polar surface area (TPSA) is 169 Å². The van der Waals surface area contributed by atoms with Crippen molar-refractivity contribution in [2.24, 2.45) is 0 Å². The number of methoxy groups -OCH3 is 2. The number of aromatic hydroxyl groups is 4. The molecule has 11 nitrogen and oxygen atoms in total. The van der Waals surface area contributed by atoms with E-state index in [1.165, 1.54) is 49.6 Å². The van der Waals surface area contributed by atoms with E-state index in [-0.39, 0.29) is 23.7 Å². The van der Waals surface area contributed by atoms with Gasteiger partial charge in [0.1, 0.15) is 17.8 Å². The SMILES string of the molecule is COC(=O)C(Cc1ccc(O)c(O)c1)OC(=O)/C=C/c1cccc2c1C(C(=O)OC)C(c1ccc(O)c(O)c1)O2. The summed E-state index contributed by atoms with van der Waals surface area (Å²) < 4.78 is 21.1. The van der Waals surface area contributed by atoms with Crippen molar-refractivity contribution >= 4 is 24.0 Å². The number of carbonyl (C=O) groups is 3. The second kappa shape index (κ2) is 11.7. The summed E-state index contributed by atoms with van der Waals surface area (Å²) in [6.07, 6.45) is 0.123. The number of rotatable bonds is 8. The van der Waals surface area contributed by atoms with Crippen molar-refractivity contribution in [1.82, 2.24) is 0 Å². The van der Waals surface area contributed by atoms with Crippen molar-refractivity contribution in [1.29, 1.82) is 0 Å². The van der Waals surface area contributed by atoms with Crippen molar-refractivity contribution in [3.63, 3.8) is 0 Å². The Labute approximate surface area is 228 Å². The molecule has 208 valence electrons. The van der Waals surface area contributed by atoms with E-state index < -0.39 is 41.8 Å². The molecule has 0 fully saturated rings. The van der Waals surface area contributed by atoms with Gasteiger partial charge in [0.15, 0.2) is 23.0 Å². The number of phenols is 4. The van der Waals surface area contributed by atoms with Crippen molar-refractivity contribution in [2.75, 3.05) is 14.2 Å². The first kappa shape index (κ1) is 27.8. The monoisotopic (exact) mass is 550 g/mol. The molecule has 3 aromatic carbocycles. The van der Waals surface area contributed by atoms with Crippen LogP contribution >= 0.6 is 0 Å². The molecule has 4 N–H and O–H groups in total. The van der Waals surface area contributed by atoms with Crippen LogP contribution < -0.4 is 4.74 Å². The molecule has 0 saturated heterocycles. The predicted molar refractivity (Wildman–Crippen MR) is 139 cm³/mol. The lowest BCUT2D eigenvalue weighted by Gasteiger charge is -2.18. The summed E-state index contributed by atoms with van der Waals surface area (Å²) in [6.45, 7) is 0. The Morgan fingerprint density at radius 3 is 2.25 bits per heavy atom. The smallest absolute Gasteiger partial charge is 0.347 e. The van der Waals surface area contributed by atoms with Crippen LogP contribution in [0.3, 0.4) is 0 Å². The molecule has 0 radical (unpaired) electrons. The van der Waals surface area contributed by atoms with E-state index in [4.69, 9.17) is 18.9 Å². The normalized spacial score (nSPS) is 16.6. The number of hydrogen-bond acceptors (Lipinski definition) is 11. The summed E-state index contributed by atoms with van der Waals surface area (Å²) in [7, 11) is 2.36. The standard InChI is InChI=1S/C29H26O11/c1-37-28(35)23(13-15-6-9-18(30)20(32)12-15)39-24(34)11-8-16-4-3-5-22-25(16)26(29(36)38-2)27(40-22)17-7-10-19(31)21(33)14-17/h3-12,14,23,26-27,30-33H,13H2,1-2H3/b11-8+. The first-order valence-electron chi connectivity index (χ1n) is 12.0. The van der Waals surface area contributed by atoms with Crippen LogP contribution in [0.15, 0.2) is 60.7 Å². The molecule has 3 unspecified atom stereocenters. The summed E-state index contributed by atoms with van der Waals surface area (Å²) in [4.78, 5) is 37.8. The molecule has 1 aliphatic rings. The Bertz CT molecular complexity index is 1480. The quantitative estimate of drug-likeness (QED) is 0.141. The first-order chi connectivity index (χ1) is 19.1. The Morgan fingerprint density at radius 1 is 0.900 bits per heavy atom. The largest absolute Gasteiger partial charge is 0.504 e. The third-order valence-corrected chi connectivity index (χ3v) is 6.33. The zero-order valence-electron chi connectivity index (χ0n) is 21.4. The number of carbonyl (C=O) groups excluding carboxylic acids is 3. The number of ether oxygens (including phenoxy) is 4. The highest BCUT2D eigenvalue weighted by molar-refractivity contribution is 5.91.